The lowest BCUT2D eigenvalue weighted by atomic mass is 10.3. The van der Waals surface area contributed by atoms with Gasteiger partial charge in [0.2, 0.25) is 0 Å². The van der Waals surface area contributed by atoms with Crippen molar-refractivity contribution in [1.29, 1.82) is 0 Å². The Hall–Kier alpha value is -2.10. The van der Waals surface area contributed by atoms with E-state index in [1.54, 1.807) is 0 Å². The number of nitrogens with zero attached hydrogens (tertiary/aromatic N) is 3. The van der Waals surface area contributed by atoms with E-state index in [0.29, 0.717) is 0 Å². The molecule has 0 spiro atoms. The summed E-state index contributed by atoms with van der Waals surface area (Å²) in [4.78, 5) is 7.68. The molecule has 0 aliphatic carbocycles. The fourth-order valence-electron chi connectivity index (χ4n) is 1.88. The van der Waals surface area contributed by atoms with Crippen LogP contribution in [0.25, 0.3) is 16.9 Å². The summed E-state index contributed by atoms with van der Waals surface area (Å²) in [6.07, 6.45) is 0. The molecule has 0 saturated carbocycles. The number of aromatic nitrogens is 4. The second kappa shape index (κ2) is 3.20. The van der Waals surface area contributed by atoms with E-state index in [2.05, 4.69) is 15.1 Å². The molecule has 4 nitrogen and oxygen atoms in total. The number of imidazole rings is 1. The average Bonchev–Trinajstić information content (AvgIpc) is 2.80. The number of rotatable bonds is 1. The number of aromatic amines is 1. The van der Waals surface area contributed by atoms with Gasteiger partial charge in [0.15, 0.2) is 5.65 Å². The normalized spacial score (nSPS) is 11.1. The maximum Gasteiger partial charge on any atom is 0.181 e. The summed E-state index contributed by atoms with van der Waals surface area (Å²) in [5, 5.41) is 4.48. The minimum absolute atomic E-state index is 0.890. The standard InChI is InChI=1S/C12H12N4/c1-8-11-12(14-9(2)13-11)16(15-8)10-6-4-3-5-7-10/h3-7H,1-2H3,(H,13,14). The van der Waals surface area contributed by atoms with Crippen LogP contribution >= 0.6 is 0 Å². The molecule has 0 unspecified atom stereocenters. The van der Waals surface area contributed by atoms with E-state index in [1.807, 2.05) is 48.9 Å². The highest BCUT2D eigenvalue weighted by Crippen LogP contribution is 2.19. The quantitative estimate of drug-likeness (QED) is 0.673. The van der Waals surface area contributed by atoms with Crippen molar-refractivity contribution in [2.24, 2.45) is 0 Å². The average molecular weight is 212 g/mol. The van der Waals surface area contributed by atoms with Crippen molar-refractivity contribution in [1.82, 2.24) is 19.7 Å². The Morgan fingerprint density at radius 2 is 1.88 bits per heavy atom. The fourth-order valence-corrected chi connectivity index (χ4v) is 1.88. The monoisotopic (exact) mass is 212 g/mol. The molecule has 0 aliphatic heterocycles. The first-order valence-electron chi connectivity index (χ1n) is 5.23. The van der Waals surface area contributed by atoms with Crippen LogP contribution in [0.1, 0.15) is 11.5 Å². The molecule has 0 fully saturated rings. The van der Waals surface area contributed by atoms with Crippen LogP contribution in [0.3, 0.4) is 0 Å². The Labute approximate surface area is 92.9 Å². The molecule has 4 heteroatoms. The third-order valence-corrected chi connectivity index (χ3v) is 2.62. The highest BCUT2D eigenvalue weighted by molar-refractivity contribution is 5.76. The summed E-state index contributed by atoms with van der Waals surface area (Å²) in [5.41, 5.74) is 3.91. The van der Waals surface area contributed by atoms with Crippen LogP contribution in [0.2, 0.25) is 0 Å². The van der Waals surface area contributed by atoms with Crippen molar-refractivity contribution in [3.63, 3.8) is 0 Å². The van der Waals surface area contributed by atoms with Gasteiger partial charge in [0.1, 0.15) is 11.3 Å². The van der Waals surface area contributed by atoms with Gasteiger partial charge in [0.05, 0.1) is 11.4 Å². The largest absolute Gasteiger partial charge is 0.339 e. The van der Waals surface area contributed by atoms with E-state index in [0.717, 1.165) is 28.4 Å². The maximum absolute atomic E-state index is 4.48. The van der Waals surface area contributed by atoms with Gasteiger partial charge in [0, 0.05) is 0 Å². The molecule has 0 saturated heterocycles. The topological polar surface area (TPSA) is 46.5 Å². The van der Waals surface area contributed by atoms with Gasteiger partial charge in [-0.3, -0.25) is 0 Å². The minimum Gasteiger partial charge on any atom is -0.339 e. The summed E-state index contributed by atoms with van der Waals surface area (Å²) >= 11 is 0. The van der Waals surface area contributed by atoms with Crippen LogP contribution in [0.15, 0.2) is 30.3 Å². The molecule has 1 N–H and O–H groups in total. The Bertz CT molecular complexity index is 634. The SMILES string of the molecule is Cc1nc2c([nH]1)c(C)nn2-c1ccccc1. The lowest BCUT2D eigenvalue weighted by Gasteiger charge is -1.99. The lowest BCUT2D eigenvalue weighted by Crippen LogP contribution is -1.96. The van der Waals surface area contributed by atoms with E-state index in [-0.39, 0.29) is 0 Å². The zero-order valence-corrected chi connectivity index (χ0v) is 9.23. The van der Waals surface area contributed by atoms with Gasteiger partial charge in [-0.2, -0.15) is 5.10 Å². The summed E-state index contributed by atoms with van der Waals surface area (Å²) in [6, 6.07) is 10.0. The van der Waals surface area contributed by atoms with Crippen molar-refractivity contribution in [2.75, 3.05) is 0 Å². The first-order chi connectivity index (χ1) is 7.75. The highest BCUT2D eigenvalue weighted by atomic mass is 15.3. The number of fused-ring (bicyclic) bond motifs is 1. The molecular formula is C12H12N4. The molecule has 0 amide bonds. The van der Waals surface area contributed by atoms with Gasteiger partial charge < -0.3 is 4.98 Å². The number of para-hydroxylation sites is 1. The van der Waals surface area contributed by atoms with Gasteiger partial charge in [-0.15, -0.1) is 0 Å². The van der Waals surface area contributed by atoms with Crippen molar-refractivity contribution >= 4 is 11.2 Å². The third-order valence-electron chi connectivity index (χ3n) is 2.62. The van der Waals surface area contributed by atoms with E-state index in [4.69, 9.17) is 0 Å². The van der Waals surface area contributed by atoms with Gasteiger partial charge in [0.25, 0.3) is 0 Å². The van der Waals surface area contributed by atoms with E-state index in [9.17, 15) is 0 Å². The van der Waals surface area contributed by atoms with Gasteiger partial charge in [-0.1, -0.05) is 18.2 Å². The lowest BCUT2D eigenvalue weighted by molar-refractivity contribution is 0.872. The van der Waals surface area contributed by atoms with Gasteiger partial charge >= 0.3 is 0 Å². The molecule has 16 heavy (non-hydrogen) atoms. The molecule has 0 aliphatic rings. The molecular weight excluding hydrogens is 200 g/mol. The zero-order chi connectivity index (χ0) is 11.1. The number of benzene rings is 1. The number of nitrogens with one attached hydrogen (secondary N) is 1. The molecule has 0 radical (unpaired) electrons. The first-order valence-corrected chi connectivity index (χ1v) is 5.23. The maximum atomic E-state index is 4.48. The number of hydrogen-bond donors (Lipinski definition) is 1. The smallest absolute Gasteiger partial charge is 0.181 e. The number of hydrogen-bond acceptors (Lipinski definition) is 2. The van der Waals surface area contributed by atoms with Crippen LogP contribution in [0.5, 0.6) is 0 Å². The molecule has 2 heterocycles. The van der Waals surface area contributed by atoms with E-state index < -0.39 is 0 Å². The van der Waals surface area contributed by atoms with Crippen molar-refractivity contribution in [2.45, 2.75) is 13.8 Å². The zero-order valence-electron chi connectivity index (χ0n) is 9.23. The second-order valence-corrected chi connectivity index (χ2v) is 3.85. The Balaban J connectivity index is 2.32. The highest BCUT2D eigenvalue weighted by Gasteiger charge is 2.11. The van der Waals surface area contributed by atoms with E-state index in [1.165, 1.54) is 0 Å². The first kappa shape index (κ1) is 9.15. The van der Waals surface area contributed by atoms with Crippen molar-refractivity contribution in [3.8, 4) is 5.69 Å². The molecule has 2 aromatic heterocycles. The number of H-pyrrole nitrogens is 1. The Morgan fingerprint density at radius 3 is 2.62 bits per heavy atom. The van der Waals surface area contributed by atoms with Crippen LogP contribution in [0, 0.1) is 13.8 Å². The number of aryl methyl sites for hydroxylation is 2. The molecule has 3 rings (SSSR count). The van der Waals surface area contributed by atoms with Gasteiger partial charge in [-0.05, 0) is 26.0 Å². The third kappa shape index (κ3) is 1.23. The Kier molecular flexibility index (Phi) is 1.83. The second-order valence-electron chi connectivity index (χ2n) is 3.85. The predicted molar refractivity (Wildman–Crippen MR) is 62.7 cm³/mol. The molecule has 0 atom stereocenters. The fraction of sp³-hybridized carbons (Fsp3) is 0.167. The summed E-state index contributed by atoms with van der Waals surface area (Å²) < 4.78 is 1.87. The molecule has 80 valence electrons. The van der Waals surface area contributed by atoms with Crippen LogP contribution in [-0.4, -0.2) is 19.7 Å². The van der Waals surface area contributed by atoms with E-state index >= 15 is 0 Å². The van der Waals surface area contributed by atoms with Crippen LogP contribution < -0.4 is 0 Å². The Morgan fingerprint density at radius 1 is 1.12 bits per heavy atom. The summed E-state index contributed by atoms with van der Waals surface area (Å²) in [7, 11) is 0. The minimum atomic E-state index is 0.890. The molecule has 3 aromatic rings. The summed E-state index contributed by atoms with van der Waals surface area (Å²) in [6.45, 7) is 3.94. The van der Waals surface area contributed by atoms with Crippen molar-refractivity contribution in [3.05, 3.63) is 41.9 Å². The van der Waals surface area contributed by atoms with Gasteiger partial charge in [-0.25, -0.2) is 9.67 Å². The van der Waals surface area contributed by atoms with Crippen molar-refractivity contribution < 1.29 is 0 Å². The van der Waals surface area contributed by atoms with Crippen LogP contribution in [0.4, 0.5) is 0 Å². The van der Waals surface area contributed by atoms with Crippen LogP contribution in [-0.2, 0) is 0 Å². The predicted octanol–water partition coefficient (Wildman–Crippen LogP) is 2.37. The molecule has 1 aromatic carbocycles. The summed E-state index contributed by atoms with van der Waals surface area (Å²) in [5.74, 6) is 0.917. The molecule has 0 bridgehead atoms.